The Morgan fingerprint density at radius 3 is 2.50 bits per heavy atom. The van der Waals surface area contributed by atoms with Crippen molar-refractivity contribution >= 4 is 44.5 Å². The number of furan rings is 1. The van der Waals surface area contributed by atoms with Crippen LogP contribution in [-0.4, -0.2) is 35.6 Å². The van der Waals surface area contributed by atoms with Crippen LogP contribution < -0.4 is 10.2 Å². The quantitative estimate of drug-likeness (QED) is 0.779. The zero-order valence-corrected chi connectivity index (χ0v) is 16.7. The Morgan fingerprint density at radius 2 is 1.92 bits per heavy atom. The topological polar surface area (TPSA) is 82.8 Å². The number of carbonyl (C=O) groups is 2. The Kier molecular flexibility index (Phi) is 5.01. The molecular formula is C19H23BrN2O4. The van der Waals surface area contributed by atoms with Crippen LogP contribution in [0, 0.1) is 5.92 Å². The van der Waals surface area contributed by atoms with Gasteiger partial charge in [-0.05, 0) is 61.7 Å². The fourth-order valence-electron chi connectivity index (χ4n) is 3.27. The van der Waals surface area contributed by atoms with Gasteiger partial charge in [-0.2, -0.15) is 0 Å². The number of rotatable bonds is 3. The molecule has 1 aromatic heterocycles. The van der Waals surface area contributed by atoms with Crippen molar-refractivity contribution in [2.75, 3.05) is 18.0 Å². The number of carbonyl (C=O) groups excluding carboxylic acids is 1. The van der Waals surface area contributed by atoms with Crippen molar-refractivity contribution in [2.45, 2.75) is 39.2 Å². The number of nitrogens with zero attached hydrogens (tertiary/aromatic N) is 1. The van der Waals surface area contributed by atoms with E-state index in [1.54, 1.807) is 6.07 Å². The van der Waals surface area contributed by atoms with E-state index in [9.17, 15) is 9.59 Å². The maximum atomic E-state index is 12.4. The molecule has 2 aromatic rings. The molecule has 6 nitrogen and oxygen atoms in total. The number of amides is 1. The van der Waals surface area contributed by atoms with Gasteiger partial charge in [-0.1, -0.05) is 0 Å². The van der Waals surface area contributed by atoms with Gasteiger partial charge < -0.3 is 19.7 Å². The number of piperidine rings is 1. The molecular weight excluding hydrogens is 400 g/mol. The fraction of sp³-hybridized carbons (Fsp3) is 0.474. The van der Waals surface area contributed by atoms with Crippen molar-refractivity contribution < 1.29 is 19.1 Å². The maximum absolute atomic E-state index is 12.4. The number of aromatic carboxylic acids is 1. The second-order valence-corrected chi connectivity index (χ2v) is 8.52. The largest absolute Gasteiger partial charge is 0.475 e. The first kappa shape index (κ1) is 18.8. The van der Waals surface area contributed by atoms with E-state index in [-0.39, 0.29) is 23.1 Å². The third kappa shape index (κ3) is 3.87. The number of benzene rings is 1. The van der Waals surface area contributed by atoms with Crippen molar-refractivity contribution in [3.63, 3.8) is 0 Å². The molecule has 1 aliphatic rings. The third-order valence-electron chi connectivity index (χ3n) is 4.53. The lowest BCUT2D eigenvalue weighted by Crippen LogP contribution is -2.47. The molecule has 1 fully saturated rings. The molecule has 26 heavy (non-hydrogen) atoms. The molecule has 1 saturated heterocycles. The van der Waals surface area contributed by atoms with E-state index in [4.69, 9.17) is 9.52 Å². The Balaban J connectivity index is 1.74. The van der Waals surface area contributed by atoms with Gasteiger partial charge in [0.2, 0.25) is 11.7 Å². The minimum Gasteiger partial charge on any atom is -0.475 e. The zero-order chi connectivity index (χ0) is 19.1. The lowest BCUT2D eigenvalue weighted by atomic mass is 9.94. The van der Waals surface area contributed by atoms with Gasteiger partial charge in [0.1, 0.15) is 5.58 Å². The van der Waals surface area contributed by atoms with Crippen molar-refractivity contribution in [3.05, 3.63) is 28.4 Å². The molecule has 2 heterocycles. The summed E-state index contributed by atoms with van der Waals surface area (Å²) in [5, 5.41) is 12.9. The molecule has 0 saturated carbocycles. The predicted octanol–water partition coefficient (Wildman–Crippen LogP) is 4.02. The molecule has 140 valence electrons. The van der Waals surface area contributed by atoms with Gasteiger partial charge in [-0.25, -0.2) is 4.79 Å². The molecule has 1 aliphatic heterocycles. The molecule has 0 bridgehead atoms. The fourth-order valence-corrected chi connectivity index (χ4v) is 3.96. The van der Waals surface area contributed by atoms with E-state index < -0.39 is 5.97 Å². The Hall–Kier alpha value is -2.02. The number of halogens is 1. The van der Waals surface area contributed by atoms with Gasteiger partial charge in [0.15, 0.2) is 0 Å². The van der Waals surface area contributed by atoms with E-state index in [2.05, 4.69) is 26.1 Å². The lowest BCUT2D eigenvalue weighted by Gasteiger charge is -2.35. The molecule has 0 unspecified atom stereocenters. The van der Waals surface area contributed by atoms with Gasteiger partial charge in [0.25, 0.3) is 0 Å². The molecule has 0 spiro atoms. The van der Waals surface area contributed by atoms with Crippen LogP contribution in [-0.2, 0) is 4.79 Å². The second-order valence-electron chi connectivity index (χ2n) is 7.73. The van der Waals surface area contributed by atoms with Gasteiger partial charge in [-0.3, -0.25) is 4.79 Å². The Labute approximate surface area is 160 Å². The highest BCUT2D eigenvalue weighted by Crippen LogP contribution is 2.37. The van der Waals surface area contributed by atoms with Crippen molar-refractivity contribution in [1.29, 1.82) is 0 Å². The maximum Gasteiger partial charge on any atom is 0.371 e. The smallest absolute Gasteiger partial charge is 0.371 e. The third-order valence-corrected chi connectivity index (χ3v) is 5.36. The molecule has 1 amide bonds. The van der Waals surface area contributed by atoms with Crippen LogP contribution in [0.4, 0.5) is 5.69 Å². The van der Waals surface area contributed by atoms with E-state index in [1.165, 1.54) is 6.07 Å². The number of hydrogen-bond donors (Lipinski definition) is 2. The molecule has 0 atom stereocenters. The first-order valence-electron chi connectivity index (χ1n) is 8.68. The van der Waals surface area contributed by atoms with E-state index in [1.807, 2.05) is 26.8 Å². The van der Waals surface area contributed by atoms with Gasteiger partial charge in [0.05, 0.1) is 10.2 Å². The zero-order valence-electron chi connectivity index (χ0n) is 15.1. The summed E-state index contributed by atoms with van der Waals surface area (Å²) in [5.41, 5.74) is 1.31. The molecule has 0 aliphatic carbocycles. The van der Waals surface area contributed by atoms with Crippen LogP contribution in [0.15, 0.2) is 27.1 Å². The highest BCUT2D eigenvalue weighted by atomic mass is 79.9. The van der Waals surface area contributed by atoms with Gasteiger partial charge in [-0.15, -0.1) is 0 Å². The first-order chi connectivity index (χ1) is 12.2. The Morgan fingerprint density at radius 1 is 1.27 bits per heavy atom. The minimum absolute atomic E-state index is 0.0283. The summed E-state index contributed by atoms with van der Waals surface area (Å²) in [4.78, 5) is 25.7. The highest BCUT2D eigenvalue weighted by Gasteiger charge is 2.28. The summed E-state index contributed by atoms with van der Waals surface area (Å²) in [5.74, 6) is -1.01. The van der Waals surface area contributed by atoms with Crippen LogP contribution in [0.3, 0.4) is 0 Å². The van der Waals surface area contributed by atoms with E-state index in [0.717, 1.165) is 41.5 Å². The number of nitrogens with one attached hydrogen (secondary N) is 1. The average Bonchev–Trinajstić information content (AvgIpc) is 2.99. The lowest BCUT2D eigenvalue weighted by molar-refractivity contribution is -0.127. The molecule has 2 N–H and O–H groups in total. The van der Waals surface area contributed by atoms with E-state index >= 15 is 0 Å². The summed E-state index contributed by atoms with van der Waals surface area (Å²) in [6, 6.07) is 5.26. The number of hydrogen-bond acceptors (Lipinski definition) is 4. The predicted molar refractivity (Wildman–Crippen MR) is 104 cm³/mol. The second kappa shape index (κ2) is 6.95. The number of anilines is 1. The van der Waals surface area contributed by atoms with Crippen LogP contribution >= 0.6 is 15.9 Å². The summed E-state index contributed by atoms with van der Waals surface area (Å²) in [6.45, 7) is 7.51. The summed E-state index contributed by atoms with van der Waals surface area (Å²) in [7, 11) is 0. The molecule has 0 radical (unpaired) electrons. The monoisotopic (exact) mass is 422 g/mol. The van der Waals surface area contributed by atoms with Crippen molar-refractivity contribution in [3.8, 4) is 0 Å². The molecule has 3 rings (SSSR count). The van der Waals surface area contributed by atoms with Crippen LogP contribution in [0.2, 0.25) is 0 Å². The summed E-state index contributed by atoms with van der Waals surface area (Å²) >= 11 is 3.59. The first-order valence-corrected chi connectivity index (χ1v) is 9.47. The SMILES string of the molecule is CC(C)(C)NC(=O)C1CCN(c2ccc3oc(C(=O)O)cc3c2Br)CC1. The summed E-state index contributed by atoms with van der Waals surface area (Å²) in [6.07, 6.45) is 1.58. The van der Waals surface area contributed by atoms with Gasteiger partial charge in [0, 0.05) is 36.0 Å². The standard InChI is InChI=1S/C19H23BrN2O4/c1-19(2,3)21-17(23)11-6-8-22(9-7-11)13-4-5-14-12(16(13)20)10-15(26-14)18(24)25/h4-5,10-11H,6-9H2,1-3H3,(H,21,23)(H,24,25). The van der Waals surface area contributed by atoms with Crippen LogP contribution in [0.5, 0.6) is 0 Å². The van der Waals surface area contributed by atoms with Crippen molar-refractivity contribution in [1.82, 2.24) is 5.32 Å². The minimum atomic E-state index is -1.08. The molecule has 7 heteroatoms. The highest BCUT2D eigenvalue weighted by molar-refractivity contribution is 9.10. The van der Waals surface area contributed by atoms with Crippen molar-refractivity contribution in [2.24, 2.45) is 5.92 Å². The van der Waals surface area contributed by atoms with Crippen LogP contribution in [0.25, 0.3) is 11.0 Å². The normalized spacial score (nSPS) is 16.1. The number of carboxylic acid groups (broad SMARTS) is 1. The Bertz CT molecular complexity index is 845. The average molecular weight is 423 g/mol. The van der Waals surface area contributed by atoms with E-state index in [0.29, 0.717) is 5.58 Å². The van der Waals surface area contributed by atoms with Gasteiger partial charge >= 0.3 is 5.97 Å². The number of carboxylic acids is 1. The summed E-state index contributed by atoms with van der Waals surface area (Å²) < 4.78 is 6.17. The number of fused-ring (bicyclic) bond motifs is 1. The molecule has 1 aromatic carbocycles. The van der Waals surface area contributed by atoms with Crippen LogP contribution in [0.1, 0.15) is 44.2 Å².